The predicted molar refractivity (Wildman–Crippen MR) is 65.4 cm³/mol. The van der Waals surface area contributed by atoms with Crippen molar-refractivity contribution in [3.8, 4) is 0 Å². The Balaban J connectivity index is 1.99. The lowest BCUT2D eigenvalue weighted by atomic mass is 9.83. The minimum absolute atomic E-state index is 0.0223. The molecule has 4 nitrogen and oxygen atoms in total. The molecule has 0 unspecified atom stereocenters. The van der Waals surface area contributed by atoms with Crippen LogP contribution in [0.2, 0.25) is 0 Å². The Morgan fingerprint density at radius 1 is 1.06 bits per heavy atom. The van der Waals surface area contributed by atoms with E-state index in [1.807, 2.05) is 0 Å². The van der Waals surface area contributed by atoms with Gasteiger partial charge in [-0.1, -0.05) is 19.3 Å². The molecule has 1 saturated carbocycles. The predicted octanol–water partition coefficient (Wildman–Crippen LogP) is 1.09. The van der Waals surface area contributed by atoms with Gasteiger partial charge in [-0.3, -0.25) is 9.59 Å². The van der Waals surface area contributed by atoms with E-state index < -0.39 is 0 Å². The number of carbonyl (C=O) groups excluding carboxylic acids is 2. The molecular formula is C13H22N2O2. The van der Waals surface area contributed by atoms with Gasteiger partial charge < -0.3 is 10.6 Å². The third kappa shape index (κ3) is 2.68. The molecule has 4 heteroatoms. The van der Waals surface area contributed by atoms with Crippen LogP contribution in [0.3, 0.4) is 0 Å². The summed E-state index contributed by atoms with van der Waals surface area (Å²) >= 11 is 0. The lowest BCUT2D eigenvalue weighted by molar-refractivity contribution is -0.138. The van der Waals surface area contributed by atoms with Gasteiger partial charge in [-0.05, 0) is 25.7 Å². The third-order valence-corrected chi connectivity index (χ3v) is 4.08. The molecule has 0 aromatic heterocycles. The molecule has 0 bridgehead atoms. The van der Waals surface area contributed by atoms with E-state index in [0.29, 0.717) is 12.3 Å². The first-order chi connectivity index (χ1) is 8.24. The topological polar surface area (TPSA) is 63.4 Å². The minimum atomic E-state index is -0.172. The molecule has 2 fully saturated rings. The van der Waals surface area contributed by atoms with E-state index >= 15 is 0 Å². The van der Waals surface area contributed by atoms with Crippen LogP contribution in [-0.2, 0) is 9.59 Å². The van der Waals surface area contributed by atoms with Crippen molar-refractivity contribution >= 4 is 11.7 Å². The molecule has 1 atom stereocenters. The summed E-state index contributed by atoms with van der Waals surface area (Å²) in [6.07, 6.45) is 7.37. The quantitative estimate of drug-likeness (QED) is 0.800. The van der Waals surface area contributed by atoms with Crippen LogP contribution in [0.25, 0.3) is 0 Å². The molecule has 1 aliphatic heterocycles. The van der Waals surface area contributed by atoms with Crippen LogP contribution in [0, 0.1) is 5.92 Å². The molecule has 1 aliphatic carbocycles. The van der Waals surface area contributed by atoms with Crippen LogP contribution in [-0.4, -0.2) is 35.7 Å². The van der Waals surface area contributed by atoms with Crippen LogP contribution < -0.4 is 5.73 Å². The Hall–Kier alpha value is -0.900. The maximum Gasteiger partial charge on any atom is 0.236 e. The van der Waals surface area contributed by atoms with Gasteiger partial charge in [-0.15, -0.1) is 0 Å². The van der Waals surface area contributed by atoms with Crippen molar-refractivity contribution in [3.05, 3.63) is 0 Å². The van der Waals surface area contributed by atoms with Gasteiger partial charge in [0, 0.05) is 12.5 Å². The number of nitrogens with two attached hydrogens (primary N) is 1. The average Bonchev–Trinajstić information content (AvgIpc) is 2.87. The molecule has 1 saturated heterocycles. The van der Waals surface area contributed by atoms with Gasteiger partial charge in [0.1, 0.15) is 0 Å². The fourth-order valence-electron chi connectivity index (χ4n) is 3.14. The fourth-order valence-corrected chi connectivity index (χ4v) is 3.14. The largest absolute Gasteiger partial charge is 0.332 e. The van der Waals surface area contributed by atoms with E-state index in [-0.39, 0.29) is 24.4 Å². The summed E-state index contributed by atoms with van der Waals surface area (Å²) in [6.45, 7) is 0.730. The monoisotopic (exact) mass is 238 g/mol. The van der Waals surface area contributed by atoms with E-state index in [9.17, 15) is 9.59 Å². The Morgan fingerprint density at radius 3 is 2.41 bits per heavy atom. The molecule has 17 heavy (non-hydrogen) atoms. The van der Waals surface area contributed by atoms with Crippen molar-refractivity contribution in [3.63, 3.8) is 0 Å². The Kier molecular flexibility index (Phi) is 4.15. The van der Waals surface area contributed by atoms with Gasteiger partial charge in [-0.2, -0.15) is 0 Å². The van der Waals surface area contributed by atoms with Crippen molar-refractivity contribution < 1.29 is 9.59 Å². The minimum Gasteiger partial charge on any atom is -0.332 e. The van der Waals surface area contributed by atoms with Crippen LogP contribution in [0.1, 0.15) is 44.9 Å². The molecule has 2 aliphatic rings. The number of Topliss-reactive ketones (excluding diaryl/α,β-unsaturated/α-hetero) is 1. The summed E-state index contributed by atoms with van der Waals surface area (Å²) in [5, 5.41) is 0. The average molecular weight is 238 g/mol. The molecular weight excluding hydrogens is 216 g/mol. The Labute approximate surface area is 103 Å². The van der Waals surface area contributed by atoms with Crippen molar-refractivity contribution in [1.82, 2.24) is 4.90 Å². The van der Waals surface area contributed by atoms with Gasteiger partial charge >= 0.3 is 0 Å². The second kappa shape index (κ2) is 5.63. The molecule has 96 valence electrons. The summed E-state index contributed by atoms with van der Waals surface area (Å²) in [6, 6.07) is -0.172. The highest BCUT2D eigenvalue weighted by atomic mass is 16.2. The number of rotatable bonds is 3. The van der Waals surface area contributed by atoms with E-state index in [1.54, 1.807) is 4.90 Å². The maximum atomic E-state index is 12.4. The highest BCUT2D eigenvalue weighted by molar-refractivity contribution is 5.91. The summed E-state index contributed by atoms with van der Waals surface area (Å²) < 4.78 is 0. The van der Waals surface area contributed by atoms with Gasteiger partial charge in [0.2, 0.25) is 5.91 Å². The Bertz CT molecular complexity index is 298. The zero-order valence-corrected chi connectivity index (χ0v) is 10.4. The third-order valence-electron chi connectivity index (χ3n) is 4.08. The first-order valence-electron chi connectivity index (χ1n) is 6.77. The second-order valence-electron chi connectivity index (χ2n) is 5.19. The highest BCUT2D eigenvalue weighted by Crippen LogP contribution is 2.29. The highest BCUT2D eigenvalue weighted by Gasteiger charge is 2.36. The summed E-state index contributed by atoms with van der Waals surface area (Å²) in [4.78, 5) is 25.8. The number of ketones is 1. The normalized spacial score (nSPS) is 26.2. The summed E-state index contributed by atoms with van der Waals surface area (Å²) in [7, 11) is 0. The molecule has 1 heterocycles. The van der Waals surface area contributed by atoms with E-state index in [1.165, 1.54) is 6.42 Å². The van der Waals surface area contributed by atoms with Crippen LogP contribution in [0.15, 0.2) is 0 Å². The van der Waals surface area contributed by atoms with Gasteiger partial charge in [0.25, 0.3) is 0 Å². The van der Waals surface area contributed by atoms with Crippen molar-refractivity contribution in [2.45, 2.75) is 51.0 Å². The van der Waals surface area contributed by atoms with Gasteiger partial charge in [0.05, 0.1) is 12.6 Å². The zero-order chi connectivity index (χ0) is 12.3. The number of amides is 1. The molecule has 0 aromatic rings. The standard InChI is InChI=1S/C13H22N2O2/c14-9-12(16)15-8-4-7-11(15)13(17)10-5-2-1-3-6-10/h10-11H,1-9,14H2/t11-/m0/s1. The Morgan fingerprint density at radius 2 is 1.76 bits per heavy atom. The molecule has 0 radical (unpaired) electrons. The fraction of sp³-hybridized carbons (Fsp3) is 0.846. The first-order valence-corrected chi connectivity index (χ1v) is 6.77. The van der Waals surface area contributed by atoms with Crippen LogP contribution in [0.4, 0.5) is 0 Å². The molecule has 2 N–H and O–H groups in total. The maximum absolute atomic E-state index is 12.4. The number of likely N-dealkylation sites (tertiary alicyclic amines) is 1. The van der Waals surface area contributed by atoms with E-state index in [4.69, 9.17) is 5.73 Å². The van der Waals surface area contributed by atoms with Crippen LogP contribution >= 0.6 is 0 Å². The van der Waals surface area contributed by atoms with Crippen molar-refractivity contribution in [2.75, 3.05) is 13.1 Å². The van der Waals surface area contributed by atoms with Gasteiger partial charge in [0.15, 0.2) is 5.78 Å². The first kappa shape index (κ1) is 12.6. The van der Waals surface area contributed by atoms with Crippen molar-refractivity contribution in [2.24, 2.45) is 11.7 Å². The van der Waals surface area contributed by atoms with Crippen molar-refractivity contribution in [1.29, 1.82) is 0 Å². The lowest BCUT2D eigenvalue weighted by Crippen LogP contribution is -2.45. The molecule has 0 spiro atoms. The number of hydrogen-bond donors (Lipinski definition) is 1. The van der Waals surface area contributed by atoms with E-state index in [0.717, 1.165) is 38.5 Å². The lowest BCUT2D eigenvalue weighted by Gasteiger charge is -2.28. The number of nitrogens with zero attached hydrogens (tertiary/aromatic N) is 1. The van der Waals surface area contributed by atoms with Gasteiger partial charge in [-0.25, -0.2) is 0 Å². The summed E-state index contributed by atoms with van der Waals surface area (Å²) in [5.74, 6) is 0.417. The van der Waals surface area contributed by atoms with E-state index in [2.05, 4.69) is 0 Å². The summed E-state index contributed by atoms with van der Waals surface area (Å²) in [5.41, 5.74) is 5.39. The second-order valence-corrected chi connectivity index (χ2v) is 5.19. The van der Waals surface area contributed by atoms with Crippen LogP contribution in [0.5, 0.6) is 0 Å². The molecule has 0 aromatic carbocycles. The number of hydrogen-bond acceptors (Lipinski definition) is 3. The number of carbonyl (C=O) groups is 2. The molecule has 2 rings (SSSR count). The zero-order valence-electron chi connectivity index (χ0n) is 10.4. The SMILES string of the molecule is NCC(=O)N1CCC[C@H]1C(=O)C1CCCCC1. The molecule has 1 amide bonds. The smallest absolute Gasteiger partial charge is 0.236 e.